The van der Waals surface area contributed by atoms with Gasteiger partial charge < -0.3 is 33.9 Å². The van der Waals surface area contributed by atoms with Crippen LogP contribution in [0.15, 0.2) is 0 Å². The number of nitrogens with zero attached hydrogens (tertiary/aromatic N) is 1. The molecule has 292 valence electrons. The Morgan fingerprint density at radius 1 is 0.962 bits per heavy atom. The van der Waals surface area contributed by atoms with Gasteiger partial charge in [-0.2, -0.15) is 0 Å². The Morgan fingerprint density at radius 2 is 1.60 bits per heavy atom. The molecule has 12 heteroatoms. The van der Waals surface area contributed by atoms with Gasteiger partial charge in [-0.15, -0.1) is 5.54 Å². The van der Waals surface area contributed by atoms with E-state index in [-0.39, 0.29) is 43.3 Å². The number of amides is 1. The third-order valence-electron chi connectivity index (χ3n) is 11.2. The molecule has 3 aliphatic heterocycles. The van der Waals surface area contributed by atoms with E-state index in [0.29, 0.717) is 0 Å². The highest BCUT2D eigenvalue weighted by molar-refractivity contribution is 6.83. The molecule has 0 saturated carbocycles. The second kappa shape index (κ2) is 16.7. The van der Waals surface area contributed by atoms with Crippen LogP contribution in [0.5, 0.6) is 0 Å². The van der Waals surface area contributed by atoms with E-state index < -0.39 is 84.8 Å². The molecule has 0 aromatic carbocycles. The fourth-order valence-electron chi connectivity index (χ4n) is 8.14. The fraction of sp³-hybridized carbons (Fsp3) is 0.800. The summed E-state index contributed by atoms with van der Waals surface area (Å²) in [5, 5.41) is 2.82. The number of fused-ring (bicyclic) bond motifs is 1. The molecule has 0 aromatic rings. The van der Waals surface area contributed by atoms with E-state index in [2.05, 4.69) is 60.1 Å². The smallest absolute Gasteiger partial charge is 0.408 e. The number of hydrogen-bond acceptors (Lipinski definition) is 10. The number of carbonyl (C=O) groups excluding carboxylic acids is 4. The SMILES string of the molecule is CC[C@H]1OC(=O)C(C)(C)C(=O)[C@H](C)[C@@H](O[C@@H]2O[C@H](C)C[C@H](N(C)C)[C@H]2C)[C@@](C)(OCC#CC#C[Si](C)(C)C)C[C@@H](C)C(=O)[C@H](C)[C@H]2NC(=O)O[C@@]21C. The Hall–Kier alpha value is -2.74. The van der Waals surface area contributed by atoms with Gasteiger partial charge in [0.25, 0.3) is 0 Å². The van der Waals surface area contributed by atoms with Crippen LogP contribution in [0.2, 0.25) is 19.6 Å². The summed E-state index contributed by atoms with van der Waals surface area (Å²) in [6, 6.07) is -0.664. The van der Waals surface area contributed by atoms with Crippen molar-refractivity contribution >= 4 is 31.7 Å². The van der Waals surface area contributed by atoms with Crippen molar-refractivity contribution in [2.24, 2.45) is 29.1 Å². The summed E-state index contributed by atoms with van der Waals surface area (Å²) in [7, 11) is 2.41. The number of carbonyl (C=O) groups is 4. The number of rotatable bonds is 6. The van der Waals surface area contributed by atoms with Gasteiger partial charge in [-0.1, -0.05) is 60.2 Å². The molecule has 11 nitrogen and oxygen atoms in total. The van der Waals surface area contributed by atoms with Crippen molar-refractivity contribution in [1.29, 1.82) is 0 Å². The molecule has 1 amide bonds. The van der Waals surface area contributed by atoms with Crippen molar-refractivity contribution in [3.63, 3.8) is 0 Å². The lowest BCUT2D eigenvalue weighted by Crippen LogP contribution is -2.60. The fourth-order valence-corrected chi connectivity index (χ4v) is 8.57. The topological polar surface area (TPSA) is 130 Å². The average Bonchev–Trinajstić information content (AvgIpc) is 3.36. The Labute approximate surface area is 313 Å². The van der Waals surface area contributed by atoms with E-state index in [9.17, 15) is 19.2 Å². The van der Waals surface area contributed by atoms with Crippen LogP contribution < -0.4 is 5.32 Å². The largest absolute Gasteiger partial charge is 0.457 e. The van der Waals surface area contributed by atoms with E-state index in [4.69, 9.17) is 23.7 Å². The quantitative estimate of drug-likeness (QED) is 0.164. The highest BCUT2D eigenvalue weighted by atomic mass is 28.3. The van der Waals surface area contributed by atoms with Crippen molar-refractivity contribution in [3.8, 4) is 23.3 Å². The predicted octanol–water partition coefficient (Wildman–Crippen LogP) is 5.40. The van der Waals surface area contributed by atoms with Crippen LogP contribution in [0, 0.1) is 52.4 Å². The van der Waals surface area contributed by atoms with Gasteiger partial charge >= 0.3 is 12.1 Å². The van der Waals surface area contributed by atoms with Crippen LogP contribution in [0.1, 0.15) is 88.5 Å². The second-order valence-corrected chi connectivity index (χ2v) is 22.2. The lowest BCUT2D eigenvalue weighted by molar-refractivity contribution is -0.282. The second-order valence-electron chi connectivity index (χ2n) is 17.5. The van der Waals surface area contributed by atoms with Crippen LogP contribution in [0.3, 0.4) is 0 Å². The minimum atomic E-state index is -1.64. The first-order valence-corrected chi connectivity index (χ1v) is 22.3. The number of ketones is 2. The van der Waals surface area contributed by atoms with Gasteiger partial charge in [-0.3, -0.25) is 14.4 Å². The molecule has 0 aliphatic carbocycles. The van der Waals surface area contributed by atoms with Crippen LogP contribution in [-0.2, 0) is 38.1 Å². The number of esters is 1. The minimum absolute atomic E-state index is 0.0415. The summed E-state index contributed by atoms with van der Waals surface area (Å²) in [6.45, 7) is 24.1. The summed E-state index contributed by atoms with van der Waals surface area (Å²) in [5.74, 6) is 5.16. The Balaban J connectivity index is 2.21. The Bertz CT molecular complexity index is 1470. The predicted molar refractivity (Wildman–Crippen MR) is 202 cm³/mol. The number of Topliss-reactive ketones (excluding diaryl/α,β-unsaturated/α-hetero) is 2. The van der Waals surface area contributed by atoms with E-state index in [1.807, 2.05) is 41.8 Å². The molecule has 52 heavy (non-hydrogen) atoms. The summed E-state index contributed by atoms with van der Waals surface area (Å²) in [4.78, 5) is 58.0. The first-order chi connectivity index (χ1) is 23.9. The number of ether oxygens (including phenoxy) is 5. The molecule has 3 rings (SSSR count). The lowest BCUT2D eigenvalue weighted by Gasteiger charge is -2.48. The molecule has 3 heterocycles. The molecule has 0 aromatic heterocycles. The van der Waals surface area contributed by atoms with Crippen molar-refractivity contribution in [1.82, 2.24) is 10.2 Å². The van der Waals surface area contributed by atoms with Gasteiger partial charge in [0.15, 0.2) is 17.7 Å². The van der Waals surface area contributed by atoms with Crippen LogP contribution >= 0.6 is 0 Å². The molecule has 3 saturated heterocycles. The minimum Gasteiger partial charge on any atom is -0.457 e. The van der Waals surface area contributed by atoms with E-state index >= 15 is 0 Å². The van der Waals surface area contributed by atoms with Gasteiger partial charge in [-0.25, -0.2) is 4.79 Å². The zero-order valence-electron chi connectivity index (χ0n) is 34.2. The maximum absolute atomic E-state index is 14.7. The average molecular weight is 745 g/mol. The Morgan fingerprint density at radius 3 is 2.17 bits per heavy atom. The zero-order chi connectivity index (χ0) is 39.6. The summed E-state index contributed by atoms with van der Waals surface area (Å²) < 4.78 is 31.9. The molecule has 3 aliphatic rings. The van der Waals surface area contributed by atoms with Crippen LogP contribution in [-0.4, -0.2) is 105 Å². The number of nitrogens with one attached hydrogen (secondary N) is 1. The first-order valence-electron chi connectivity index (χ1n) is 18.8. The molecule has 0 radical (unpaired) electrons. The van der Waals surface area contributed by atoms with Gasteiger partial charge in [-0.05, 0) is 79.8 Å². The van der Waals surface area contributed by atoms with Crippen LogP contribution in [0.25, 0.3) is 0 Å². The molecule has 0 bridgehead atoms. The van der Waals surface area contributed by atoms with Gasteiger partial charge in [0.2, 0.25) is 0 Å². The van der Waals surface area contributed by atoms with E-state index in [0.717, 1.165) is 6.42 Å². The molecule has 12 atom stereocenters. The summed E-state index contributed by atoms with van der Waals surface area (Å²) in [5.41, 5.74) is -1.04. The molecule has 1 N–H and O–H groups in total. The monoisotopic (exact) mass is 744 g/mol. The van der Waals surface area contributed by atoms with Crippen molar-refractivity contribution < 1.29 is 42.9 Å². The lowest BCUT2D eigenvalue weighted by atomic mass is 9.71. The number of hydrogen-bond donors (Lipinski definition) is 1. The highest BCUT2D eigenvalue weighted by Crippen LogP contribution is 2.42. The van der Waals surface area contributed by atoms with Gasteiger partial charge in [0.05, 0.1) is 23.9 Å². The Kier molecular flexibility index (Phi) is 14.0. The number of alkyl carbamates (subject to hydrolysis) is 1. The van der Waals surface area contributed by atoms with E-state index in [1.54, 1.807) is 34.6 Å². The molecule has 3 fully saturated rings. The van der Waals surface area contributed by atoms with Gasteiger partial charge in [0.1, 0.15) is 32.0 Å². The summed E-state index contributed by atoms with van der Waals surface area (Å²) >= 11 is 0. The normalized spacial score (nSPS) is 38.8. The standard InChI is InChI=1S/C40H64N2O9Si/c1-16-30-40(10)32(41-37(46)51-40)27(5)31(43)24(2)23-39(9,47-20-18-17-19-21-52(13,14)15)34(28(6)33(44)38(7,8)36(45)49-30)50-35-26(4)29(42(11)12)22-25(3)48-35/h24-30,32,34-35H,16,20,22-23H2,1-15H3,(H,41,46)/t24-,25-,26-,27+,28+,29+,30-,32-,34-,35+,39+,40-/m1/s1. The summed E-state index contributed by atoms with van der Waals surface area (Å²) in [6.07, 6.45) is -2.22. The van der Waals surface area contributed by atoms with E-state index in [1.165, 1.54) is 0 Å². The number of cyclic esters (lactones) is 1. The molecular weight excluding hydrogens is 681 g/mol. The third-order valence-corrected chi connectivity index (χ3v) is 12.1. The maximum atomic E-state index is 14.7. The maximum Gasteiger partial charge on any atom is 0.408 e. The highest BCUT2D eigenvalue weighted by Gasteiger charge is 2.58. The van der Waals surface area contributed by atoms with Crippen LogP contribution in [0.4, 0.5) is 4.79 Å². The van der Waals surface area contributed by atoms with Gasteiger partial charge in [0, 0.05) is 29.7 Å². The van der Waals surface area contributed by atoms with Crippen molar-refractivity contribution in [3.05, 3.63) is 0 Å². The van der Waals surface area contributed by atoms with Crippen molar-refractivity contribution in [2.75, 3.05) is 20.7 Å². The zero-order valence-corrected chi connectivity index (χ0v) is 35.2. The molecular formula is C40H64N2O9Si. The molecule has 0 unspecified atom stereocenters. The van der Waals surface area contributed by atoms with Crippen molar-refractivity contribution in [2.45, 2.75) is 156 Å². The third kappa shape index (κ3) is 9.67. The molecule has 0 spiro atoms. The first kappa shape index (κ1) is 43.7.